The largest absolute Gasteiger partial charge is 0.376 e. The minimum atomic E-state index is -0.371. The Hall–Kier alpha value is -4.07. The van der Waals surface area contributed by atoms with E-state index in [1.807, 2.05) is 48.5 Å². The lowest BCUT2D eigenvalue weighted by Crippen LogP contribution is -2.32. The van der Waals surface area contributed by atoms with E-state index in [0.717, 1.165) is 48.3 Å². The first-order valence-electron chi connectivity index (χ1n) is 12.9. The van der Waals surface area contributed by atoms with Crippen LogP contribution in [0.3, 0.4) is 0 Å². The number of carbonyl (C=O) groups excluding carboxylic acids is 1. The Morgan fingerprint density at radius 3 is 2.55 bits per heavy atom. The van der Waals surface area contributed by atoms with Gasteiger partial charge in [0.1, 0.15) is 12.5 Å². The van der Waals surface area contributed by atoms with E-state index in [9.17, 15) is 9.18 Å². The Kier molecular flexibility index (Phi) is 6.62. The van der Waals surface area contributed by atoms with Gasteiger partial charge in [0.05, 0.1) is 5.69 Å². The normalized spacial score (nSPS) is 19.2. The third kappa shape index (κ3) is 4.66. The minimum absolute atomic E-state index is 0.250. The van der Waals surface area contributed by atoms with Gasteiger partial charge < -0.3 is 15.4 Å². The molecule has 1 fully saturated rings. The molecule has 38 heavy (non-hydrogen) atoms. The summed E-state index contributed by atoms with van der Waals surface area (Å²) in [5.74, 6) is -0.127. The van der Waals surface area contributed by atoms with E-state index in [4.69, 9.17) is 5.11 Å². The maximum absolute atomic E-state index is 13.6. The molecule has 0 unspecified atom stereocenters. The second-order valence-corrected chi connectivity index (χ2v) is 9.92. The molecule has 6 nitrogen and oxygen atoms in total. The van der Waals surface area contributed by atoms with Crippen LogP contribution >= 0.6 is 0 Å². The van der Waals surface area contributed by atoms with Crippen molar-refractivity contribution in [2.75, 3.05) is 19.8 Å². The first kappa shape index (κ1) is 24.3. The Morgan fingerprint density at radius 1 is 1.05 bits per heavy atom. The number of fused-ring (bicyclic) bond motifs is 1. The van der Waals surface area contributed by atoms with Crippen LogP contribution in [0.1, 0.15) is 40.2 Å². The summed E-state index contributed by atoms with van der Waals surface area (Å²) in [6, 6.07) is 18.7. The Labute approximate surface area is 220 Å². The van der Waals surface area contributed by atoms with Crippen LogP contribution in [0.15, 0.2) is 85.3 Å². The lowest BCUT2D eigenvalue weighted by atomic mass is 9.90. The van der Waals surface area contributed by atoms with Gasteiger partial charge in [-0.05, 0) is 89.6 Å². The molecule has 6 rings (SSSR count). The van der Waals surface area contributed by atoms with E-state index in [0.29, 0.717) is 17.5 Å². The highest BCUT2D eigenvalue weighted by atomic mass is 19.1. The van der Waals surface area contributed by atoms with Crippen molar-refractivity contribution in [2.24, 2.45) is 0 Å². The number of aliphatic hydroxyl groups excluding tert-OH is 1. The highest BCUT2D eigenvalue weighted by Crippen LogP contribution is 2.42. The smallest absolute Gasteiger partial charge is 0.253 e. The van der Waals surface area contributed by atoms with E-state index in [-0.39, 0.29) is 18.5 Å². The number of nitrogens with zero attached hydrogens (tertiary/aromatic N) is 2. The molecule has 2 atom stereocenters. The van der Waals surface area contributed by atoms with Crippen LogP contribution in [-0.4, -0.2) is 51.7 Å². The van der Waals surface area contributed by atoms with Crippen LogP contribution in [0.5, 0.6) is 0 Å². The number of H-pyrrole nitrogens is 1. The van der Waals surface area contributed by atoms with Crippen LogP contribution in [-0.2, 0) is 0 Å². The quantitative estimate of drug-likeness (QED) is 0.313. The lowest BCUT2D eigenvalue weighted by Gasteiger charge is -2.28. The fraction of sp³-hybridized carbons (Fsp3) is 0.226. The number of hydrogen-bond acceptors (Lipinski definition) is 4. The average molecular weight is 509 g/mol. The third-order valence-corrected chi connectivity index (χ3v) is 7.72. The molecule has 2 aliphatic heterocycles. The molecule has 0 bridgehead atoms. The van der Waals surface area contributed by atoms with Gasteiger partial charge in [-0.1, -0.05) is 18.2 Å². The maximum atomic E-state index is 13.6. The van der Waals surface area contributed by atoms with Crippen molar-refractivity contribution in [2.45, 2.75) is 24.8 Å². The van der Waals surface area contributed by atoms with Crippen LogP contribution in [0.4, 0.5) is 4.39 Å². The molecule has 0 aliphatic carbocycles. The van der Waals surface area contributed by atoms with E-state index < -0.39 is 0 Å². The van der Waals surface area contributed by atoms with Crippen molar-refractivity contribution in [1.29, 1.82) is 0 Å². The second-order valence-electron chi connectivity index (χ2n) is 9.92. The number of aromatic nitrogens is 2. The van der Waals surface area contributed by atoms with Crippen LogP contribution in [0.25, 0.3) is 28.0 Å². The summed E-state index contributed by atoms with van der Waals surface area (Å²) in [5, 5.41) is 11.4. The zero-order valence-corrected chi connectivity index (χ0v) is 20.9. The number of aromatic amines is 1. The van der Waals surface area contributed by atoms with Gasteiger partial charge in [-0.25, -0.2) is 4.39 Å². The fourth-order valence-electron chi connectivity index (χ4n) is 5.83. The number of hydrogen-bond donors (Lipinski definition) is 3. The molecule has 4 heterocycles. The molecule has 1 amide bonds. The third-order valence-electron chi connectivity index (χ3n) is 7.72. The predicted molar refractivity (Wildman–Crippen MR) is 146 cm³/mol. The molecular formula is C31H29FN4O2. The van der Waals surface area contributed by atoms with Gasteiger partial charge in [0, 0.05) is 54.4 Å². The SMILES string of the molecule is O=C(NCO)c1ccc([C@@H]2C[C@H]3C=C(c4c[nH]c(-c5ccc(F)cc5)c4-c4ccncc4)CCN3C2)cc1. The van der Waals surface area contributed by atoms with Crippen molar-refractivity contribution in [1.82, 2.24) is 20.2 Å². The summed E-state index contributed by atoms with van der Waals surface area (Å²) in [7, 11) is 0. The number of rotatable bonds is 6. The van der Waals surface area contributed by atoms with Gasteiger partial charge in [-0.15, -0.1) is 0 Å². The molecule has 2 aromatic carbocycles. The zero-order valence-electron chi connectivity index (χ0n) is 20.9. The molecule has 0 radical (unpaired) electrons. The minimum Gasteiger partial charge on any atom is -0.376 e. The first-order chi connectivity index (χ1) is 18.6. The van der Waals surface area contributed by atoms with Crippen molar-refractivity contribution in [3.63, 3.8) is 0 Å². The molecule has 4 aromatic rings. The molecule has 2 aromatic heterocycles. The van der Waals surface area contributed by atoms with Crippen LogP contribution in [0, 0.1) is 5.82 Å². The summed E-state index contributed by atoms with van der Waals surface area (Å²) >= 11 is 0. The fourth-order valence-corrected chi connectivity index (χ4v) is 5.83. The summed E-state index contributed by atoms with van der Waals surface area (Å²) < 4.78 is 13.6. The van der Waals surface area contributed by atoms with Gasteiger partial charge in [0.25, 0.3) is 5.91 Å². The molecule has 192 valence electrons. The van der Waals surface area contributed by atoms with Crippen molar-refractivity contribution < 1.29 is 14.3 Å². The van der Waals surface area contributed by atoms with Crippen molar-refractivity contribution >= 4 is 11.5 Å². The number of nitrogens with one attached hydrogen (secondary N) is 2. The molecule has 0 saturated carbocycles. The number of pyridine rings is 1. The van der Waals surface area contributed by atoms with Crippen LogP contribution < -0.4 is 5.32 Å². The Bertz CT molecular complexity index is 1460. The zero-order chi connectivity index (χ0) is 26.1. The number of benzene rings is 2. The van der Waals surface area contributed by atoms with Gasteiger partial charge in [0.15, 0.2) is 0 Å². The molecule has 3 N–H and O–H groups in total. The highest BCUT2D eigenvalue weighted by Gasteiger charge is 2.34. The van der Waals surface area contributed by atoms with Gasteiger partial charge in [-0.3, -0.25) is 14.7 Å². The molecule has 1 saturated heterocycles. The van der Waals surface area contributed by atoms with Crippen molar-refractivity contribution in [3.8, 4) is 22.4 Å². The average Bonchev–Trinajstić information content (AvgIpc) is 3.59. The van der Waals surface area contributed by atoms with E-state index in [2.05, 4.69) is 32.5 Å². The highest BCUT2D eigenvalue weighted by molar-refractivity contribution is 5.94. The number of amides is 1. The number of halogens is 1. The van der Waals surface area contributed by atoms with E-state index >= 15 is 0 Å². The molecule has 7 heteroatoms. The summed E-state index contributed by atoms with van der Waals surface area (Å²) in [4.78, 5) is 22.2. The molecular weight excluding hydrogens is 479 g/mol. The Balaban J connectivity index is 1.29. The lowest BCUT2D eigenvalue weighted by molar-refractivity contribution is 0.0910. The van der Waals surface area contributed by atoms with Crippen LogP contribution in [0.2, 0.25) is 0 Å². The molecule has 0 spiro atoms. The summed E-state index contributed by atoms with van der Waals surface area (Å²) in [6.45, 7) is 1.60. The summed E-state index contributed by atoms with van der Waals surface area (Å²) in [5.41, 5.74) is 8.39. The van der Waals surface area contributed by atoms with Gasteiger partial charge in [-0.2, -0.15) is 0 Å². The monoisotopic (exact) mass is 508 g/mol. The van der Waals surface area contributed by atoms with Crippen molar-refractivity contribution in [3.05, 3.63) is 108 Å². The second kappa shape index (κ2) is 10.4. The van der Waals surface area contributed by atoms with Gasteiger partial charge in [0.2, 0.25) is 0 Å². The standard InChI is InChI=1S/C31H29FN4O2/c32-26-7-5-22(6-8-26)30-29(21-9-12-33-13-10-21)28(17-34-30)24-11-14-36-18-25(16-27(36)15-24)20-1-3-23(4-2-20)31(38)35-19-37/h1-10,12-13,15,17,25,27,34,37H,11,14,16,18-19H2,(H,35,38)/t25-,27-/m1/s1. The topological polar surface area (TPSA) is 81.2 Å². The maximum Gasteiger partial charge on any atom is 0.253 e. The number of carbonyl (C=O) groups is 1. The molecule has 2 aliphatic rings. The first-order valence-corrected chi connectivity index (χ1v) is 12.9. The summed E-state index contributed by atoms with van der Waals surface area (Å²) in [6.07, 6.45) is 10.1. The Morgan fingerprint density at radius 2 is 1.82 bits per heavy atom. The van der Waals surface area contributed by atoms with Gasteiger partial charge >= 0.3 is 0 Å². The number of aliphatic hydroxyl groups is 1. The predicted octanol–water partition coefficient (Wildman–Crippen LogP) is 5.21. The van der Waals surface area contributed by atoms with E-state index in [1.165, 1.54) is 28.8 Å². The van der Waals surface area contributed by atoms with E-state index in [1.54, 1.807) is 12.4 Å².